The molecule has 28 heavy (non-hydrogen) atoms. The molecule has 0 spiro atoms. The van der Waals surface area contributed by atoms with E-state index in [0.29, 0.717) is 12.2 Å². The number of nitrogens with zero attached hydrogens (tertiary/aromatic N) is 1. The van der Waals surface area contributed by atoms with Crippen LogP contribution in [0.4, 0.5) is 5.69 Å². The summed E-state index contributed by atoms with van der Waals surface area (Å²) in [6.45, 7) is 4.98. The molecule has 1 aliphatic rings. The number of hydrogen-bond acceptors (Lipinski definition) is 5. The van der Waals surface area contributed by atoms with Crippen LogP contribution in [0.2, 0.25) is 0 Å². The average molecular weight is 383 g/mol. The van der Waals surface area contributed by atoms with E-state index in [1.807, 2.05) is 44.2 Å². The largest absolute Gasteiger partial charge is 0.489 e. The Balaban J connectivity index is 1.38. The molecular weight excluding hydrogens is 358 g/mol. The molecular formula is C22H25NO5. The van der Waals surface area contributed by atoms with E-state index < -0.39 is 5.97 Å². The highest BCUT2D eigenvalue weighted by Crippen LogP contribution is 2.24. The van der Waals surface area contributed by atoms with Crippen molar-refractivity contribution in [3.8, 4) is 11.5 Å². The number of hydrogen-bond donors (Lipinski definition) is 0. The Labute approximate surface area is 165 Å². The fourth-order valence-electron chi connectivity index (χ4n) is 3.15. The highest BCUT2D eigenvalue weighted by Gasteiger charge is 2.21. The highest BCUT2D eigenvalue weighted by molar-refractivity contribution is 5.95. The van der Waals surface area contributed by atoms with Crippen molar-refractivity contribution in [3.05, 3.63) is 53.6 Å². The lowest BCUT2D eigenvalue weighted by Crippen LogP contribution is -2.23. The lowest BCUT2D eigenvalue weighted by Gasteiger charge is -2.16. The molecule has 0 aliphatic carbocycles. The van der Waals surface area contributed by atoms with E-state index in [0.717, 1.165) is 35.5 Å². The summed E-state index contributed by atoms with van der Waals surface area (Å²) in [7, 11) is 0. The average Bonchev–Trinajstić information content (AvgIpc) is 3.12. The zero-order valence-electron chi connectivity index (χ0n) is 16.3. The molecule has 1 fully saturated rings. The van der Waals surface area contributed by atoms with Gasteiger partial charge in [-0.2, -0.15) is 0 Å². The van der Waals surface area contributed by atoms with Crippen LogP contribution in [0, 0.1) is 13.8 Å². The van der Waals surface area contributed by atoms with Gasteiger partial charge in [0.25, 0.3) is 0 Å². The first kappa shape index (κ1) is 19.7. The molecule has 2 aromatic rings. The van der Waals surface area contributed by atoms with Gasteiger partial charge in [0.05, 0.1) is 0 Å². The number of esters is 1. The molecule has 1 aliphatic heterocycles. The number of rotatable bonds is 8. The normalized spacial score (nSPS) is 13.5. The van der Waals surface area contributed by atoms with Crippen LogP contribution >= 0.6 is 0 Å². The third kappa shape index (κ3) is 5.03. The number of amides is 1. The van der Waals surface area contributed by atoms with Crippen molar-refractivity contribution in [1.29, 1.82) is 0 Å². The van der Waals surface area contributed by atoms with Crippen molar-refractivity contribution >= 4 is 17.6 Å². The molecule has 1 amide bonds. The van der Waals surface area contributed by atoms with Crippen molar-refractivity contribution in [1.82, 2.24) is 0 Å². The van der Waals surface area contributed by atoms with Gasteiger partial charge < -0.3 is 19.1 Å². The summed E-state index contributed by atoms with van der Waals surface area (Å²) in [6, 6.07) is 13.1. The summed E-state index contributed by atoms with van der Waals surface area (Å²) in [4.78, 5) is 25.3. The second kappa shape index (κ2) is 9.26. The quantitative estimate of drug-likeness (QED) is 0.516. The monoisotopic (exact) mass is 383 g/mol. The van der Waals surface area contributed by atoms with Gasteiger partial charge in [-0.05, 0) is 55.7 Å². The van der Waals surface area contributed by atoms with Crippen LogP contribution in [0.25, 0.3) is 0 Å². The van der Waals surface area contributed by atoms with E-state index in [-0.39, 0.29) is 25.7 Å². The minimum absolute atomic E-state index is 0.139. The number of anilines is 1. The Hall–Kier alpha value is -3.02. The molecule has 0 bridgehead atoms. The van der Waals surface area contributed by atoms with Gasteiger partial charge in [-0.3, -0.25) is 4.79 Å². The van der Waals surface area contributed by atoms with Gasteiger partial charge in [0.15, 0.2) is 6.61 Å². The molecule has 0 unspecified atom stereocenters. The number of benzene rings is 2. The molecule has 6 heteroatoms. The van der Waals surface area contributed by atoms with Crippen LogP contribution in [-0.4, -0.2) is 38.2 Å². The van der Waals surface area contributed by atoms with Crippen LogP contribution in [0.15, 0.2) is 42.5 Å². The zero-order valence-corrected chi connectivity index (χ0v) is 16.3. The number of aryl methyl sites for hydroxylation is 2. The molecule has 0 atom stereocenters. The Morgan fingerprint density at radius 1 is 1.00 bits per heavy atom. The second-order valence-corrected chi connectivity index (χ2v) is 6.72. The standard InChI is InChI=1S/C22H25NO5/c1-16-5-3-6-17(2)22(16)27-14-13-26-21(25)15-28-19-10-8-18(9-11-19)23-12-4-7-20(23)24/h3,5-6,8-11H,4,7,12-15H2,1-2H3. The van der Waals surface area contributed by atoms with Gasteiger partial charge in [-0.25, -0.2) is 4.79 Å². The van der Waals surface area contributed by atoms with Crippen molar-refractivity contribution in [3.63, 3.8) is 0 Å². The topological polar surface area (TPSA) is 65.1 Å². The summed E-state index contributed by atoms with van der Waals surface area (Å²) in [5, 5.41) is 0. The first-order valence-electron chi connectivity index (χ1n) is 9.42. The zero-order chi connectivity index (χ0) is 19.9. The molecule has 1 saturated heterocycles. The first-order valence-corrected chi connectivity index (χ1v) is 9.42. The number of para-hydroxylation sites is 1. The summed E-state index contributed by atoms with van der Waals surface area (Å²) < 4.78 is 16.3. The minimum Gasteiger partial charge on any atom is -0.489 e. The predicted octanol–water partition coefficient (Wildman–Crippen LogP) is 3.43. The molecule has 1 heterocycles. The second-order valence-electron chi connectivity index (χ2n) is 6.72. The van der Waals surface area contributed by atoms with Crippen LogP contribution < -0.4 is 14.4 Å². The number of ether oxygens (including phenoxy) is 3. The fourth-order valence-corrected chi connectivity index (χ4v) is 3.15. The summed E-state index contributed by atoms with van der Waals surface area (Å²) in [6.07, 6.45) is 1.48. The maximum atomic E-state index is 11.8. The Bertz CT molecular complexity index is 811. The van der Waals surface area contributed by atoms with Crippen molar-refractivity contribution < 1.29 is 23.8 Å². The van der Waals surface area contributed by atoms with Gasteiger partial charge in [0, 0.05) is 18.7 Å². The maximum absolute atomic E-state index is 11.8. The van der Waals surface area contributed by atoms with E-state index >= 15 is 0 Å². The van der Waals surface area contributed by atoms with E-state index in [2.05, 4.69) is 0 Å². The predicted molar refractivity (Wildman–Crippen MR) is 106 cm³/mol. The van der Waals surface area contributed by atoms with E-state index in [9.17, 15) is 9.59 Å². The van der Waals surface area contributed by atoms with Crippen LogP contribution in [0.3, 0.4) is 0 Å². The highest BCUT2D eigenvalue weighted by atomic mass is 16.6. The Kier molecular flexibility index (Phi) is 6.53. The molecule has 148 valence electrons. The van der Waals surface area contributed by atoms with E-state index in [1.165, 1.54) is 0 Å². The van der Waals surface area contributed by atoms with Gasteiger partial charge in [0.1, 0.15) is 24.7 Å². The number of carbonyl (C=O) groups excluding carboxylic acids is 2. The third-order valence-electron chi connectivity index (χ3n) is 4.58. The van der Waals surface area contributed by atoms with E-state index in [4.69, 9.17) is 14.2 Å². The molecule has 3 rings (SSSR count). The third-order valence-corrected chi connectivity index (χ3v) is 4.58. The Morgan fingerprint density at radius 2 is 1.71 bits per heavy atom. The van der Waals surface area contributed by atoms with Crippen molar-refractivity contribution in [2.45, 2.75) is 26.7 Å². The number of carbonyl (C=O) groups is 2. The Morgan fingerprint density at radius 3 is 2.36 bits per heavy atom. The van der Waals surface area contributed by atoms with Crippen molar-refractivity contribution in [2.24, 2.45) is 0 Å². The van der Waals surface area contributed by atoms with Crippen LogP contribution in [0.1, 0.15) is 24.0 Å². The maximum Gasteiger partial charge on any atom is 0.344 e. The molecule has 0 aromatic heterocycles. The van der Waals surface area contributed by atoms with Gasteiger partial charge in [-0.15, -0.1) is 0 Å². The molecule has 6 nitrogen and oxygen atoms in total. The molecule has 0 N–H and O–H groups in total. The SMILES string of the molecule is Cc1cccc(C)c1OCCOC(=O)COc1ccc(N2CCCC2=O)cc1. The lowest BCUT2D eigenvalue weighted by molar-refractivity contribution is -0.146. The van der Waals surface area contributed by atoms with Gasteiger partial charge >= 0.3 is 5.97 Å². The van der Waals surface area contributed by atoms with Crippen LogP contribution in [-0.2, 0) is 14.3 Å². The van der Waals surface area contributed by atoms with Crippen LogP contribution in [0.5, 0.6) is 11.5 Å². The van der Waals surface area contributed by atoms with Gasteiger partial charge in [-0.1, -0.05) is 18.2 Å². The molecule has 0 saturated carbocycles. The lowest BCUT2D eigenvalue weighted by atomic mass is 10.1. The minimum atomic E-state index is -0.455. The fraction of sp³-hybridized carbons (Fsp3) is 0.364. The summed E-state index contributed by atoms with van der Waals surface area (Å²) in [5.74, 6) is 1.06. The first-order chi connectivity index (χ1) is 13.5. The smallest absolute Gasteiger partial charge is 0.344 e. The molecule has 0 radical (unpaired) electrons. The summed E-state index contributed by atoms with van der Waals surface area (Å²) in [5.41, 5.74) is 2.95. The van der Waals surface area contributed by atoms with Gasteiger partial charge in [0.2, 0.25) is 5.91 Å². The van der Waals surface area contributed by atoms with E-state index in [1.54, 1.807) is 17.0 Å². The molecule has 2 aromatic carbocycles. The van der Waals surface area contributed by atoms with Crippen molar-refractivity contribution in [2.75, 3.05) is 31.3 Å². The summed E-state index contributed by atoms with van der Waals surface area (Å²) >= 11 is 0.